The number of aromatic hydroxyl groups is 1. The Balaban J connectivity index is 1.69. The second kappa shape index (κ2) is 9.66. The third-order valence-corrected chi connectivity index (χ3v) is 5.50. The van der Waals surface area contributed by atoms with Crippen molar-refractivity contribution in [3.63, 3.8) is 0 Å². The van der Waals surface area contributed by atoms with Crippen molar-refractivity contribution in [3.8, 4) is 11.5 Å². The average Bonchev–Trinajstić information content (AvgIpc) is 2.84. The number of para-hydroxylation sites is 1. The van der Waals surface area contributed by atoms with Crippen LogP contribution in [-0.4, -0.2) is 30.5 Å². The molecule has 3 aromatic rings. The number of rotatable bonds is 6. The SMILES string of the molecule is CCOc1ccc(C2=N[C@@H](c3ccc(C(=O)OC)cc3)N[C@@H](c3ccccc3O)C2)cc1. The molecule has 0 fully saturated rings. The number of hydrogen-bond donors (Lipinski definition) is 2. The number of esters is 1. The average molecular weight is 431 g/mol. The maximum absolute atomic E-state index is 11.8. The zero-order chi connectivity index (χ0) is 22.5. The van der Waals surface area contributed by atoms with Gasteiger partial charge in [-0.15, -0.1) is 0 Å². The van der Waals surface area contributed by atoms with Crippen molar-refractivity contribution in [1.29, 1.82) is 0 Å². The smallest absolute Gasteiger partial charge is 0.337 e. The van der Waals surface area contributed by atoms with Crippen LogP contribution in [0.3, 0.4) is 0 Å². The van der Waals surface area contributed by atoms with Crippen LogP contribution >= 0.6 is 0 Å². The molecular weight excluding hydrogens is 404 g/mol. The van der Waals surface area contributed by atoms with E-state index >= 15 is 0 Å². The van der Waals surface area contributed by atoms with E-state index in [9.17, 15) is 9.90 Å². The van der Waals surface area contributed by atoms with Crippen LogP contribution in [0.25, 0.3) is 0 Å². The fourth-order valence-corrected chi connectivity index (χ4v) is 3.86. The molecule has 2 N–H and O–H groups in total. The molecule has 4 rings (SSSR count). The molecule has 32 heavy (non-hydrogen) atoms. The summed E-state index contributed by atoms with van der Waals surface area (Å²) in [4.78, 5) is 16.7. The minimum atomic E-state index is -0.376. The molecule has 2 atom stereocenters. The monoisotopic (exact) mass is 430 g/mol. The lowest BCUT2D eigenvalue weighted by Gasteiger charge is -2.31. The number of aliphatic imine (C=N–C) groups is 1. The number of phenols is 1. The van der Waals surface area contributed by atoms with Gasteiger partial charge in [0.25, 0.3) is 0 Å². The van der Waals surface area contributed by atoms with Crippen LogP contribution in [0.2, 0.25) is 0 Å². The van der Waals surface area contributed by atoms with E-state index in [1.54, 1.807) is 18.2 Å². The minimum absolute atomic E-state index is 0.124. The van der Waals surface area contributed by atoms with Gasteiger partial charge in [-0.1, -0.05) is 30.3 Å². The van der Waals surface area contributed by atoms with E-state index in [-0.39, 0.29) is 23.9 Å². The van der Waals surface area contributed by atoms with E-state index < -0.39 is 0 Å². The molecule has 0 amide bonds. The number of ether oxygens (including phenoxy) is 2. The molecule has 0 saturated carbocycles. The van der Waals surface area contributed by atoms with E-state index in [4.69, 9.17) is 14.5 Å². The molecule has 1 heterocycles. The third kappa shape index (κ3) is 4.65. The van der Waals surface area contributed by atoms with E-state index in [1.807, 2.05) is 61.5 Å². The topological polar surface area (TPSA) is 80.2 Å². The van der Waals surface area contributed by atoms with Gasteiger partial charge in [-0.2, -0.15) is 0 Å². The molecule has 164 valence electrons. The Morgan fingerprint density at radius 1 is 1.06 bits per heavy atom. The summed E-state index contributed by atoms with van der Waals surface area (Å²) in [6.07, 6.45) is 0.295. The quantitative estimate of drug-likeness (QED) is 0.549. The summed E-state index contributed by atoms with van der Waals surface area (Å²) in [6.45, 7) is 2.57. The number of benzene rings is 3. The summed E-state index contributed by atoms with van der Waals surface area (Å²) < 4.78 is 10.4. The highest BCUT2D eigenvalue weighted by atomic mass is 16.5. The van der Waals surface area contributed by atoms with Gasteiger partial charge in [-0.25, -0.2) is 4.79 Å². The van der Waals surface area contributed by atoms with E-state index in [1.165, 1.54) is 7.11 Å². The number of hydrogen-bond acceptors (Lipinski definition) is 6. The van der Waals surface area contributed by atoms with Crippen molar-refractivity contribution in [3.05, 3.63) is 95.1 Å². The highest BCUT2D eigenvalue weighted by Gasteiger charge is 2.27. The lowest BCUT2D eigenvalue weighted by molar-refractivity contribution is 0.0600. The summed E-state index contributed by atoms with van der Waals surface area (Å²) in [5.74, 6) is 0.689. The van der Waals surface area contributed by atoms with Gasteiger partial charge in [0.1, 0.15) is 17.7 Å². The number of nitrogens with one attached hydrogen (secondary N) is 1. The van der Waals surface area contributed by atoms with Gasteiger partial charge in [0.05, 0.1) is 19.3 Å². The molecule has 0 aromatic heterocycles. The van der Waals surface area contributed by atoms with Crippen molar-refractivity contribution < 1.29 is 19.4 Å². The second-order valence-electron chi connectivity index (χ2n) is 7.53. The minimum Gasteiger partial charge on any atom is -0.508 e. The first-order valence-electron chi connectivity index (χ1n) is 10.6. The van der Waals surface area contributed by atoms with Gasteiger partial charge in [-0.3, -0.25) is 10.3 Å². The Kier molecular flexibility index (Phi) is 6.52. The Bertz CT molecular complexity index is 1110. The molecule has 6 nitrogen and oxygen atoms in total. The fourth-order valence-electron chi connectivity index (χ4n) is 3.86. The summed E-state index contributed by atoms with van der Waals surface area (Å²) in [5.41, 5.74) is 4.16. The number of carbonyl (C=O) groups excluding carboxylic acids is 1. The standard InChI is InChI=1S/C26H26N2O4/c1-3-32-20-14-12-17(13-15-20)22-16-23(21-6-4-5-7-24(21)29)28-25(27-22)18-8-10-19(11-9-18)26(30)31-2/h4-15,23,25,28-29H,3,16H2,1-2H3/t23-,25-/m1/s1. The molecule has 3 aromatic carbocycles. The molecule has 0 unspecified atom stereocenters. The molecular formula is C26H26N2O4. The molecule has 0 spiro atoms. The summed E-state index contributed by atoms with van der Waals surface area (Å²) in [5, 5.41) is 14.0. The first-order valence-corrected chi connectivity index (χ1v) is 10.6. The van der Waals surface area contributed by atoms with Crippen LogP contribution in [0.5, 0.6) is 11.5 Å². The number of methoxy groups -OCH3 is 1. The summed E-state index contributed by atoms with van der Waals surface area (Å²) in [6, 6.07) is 22.3. The number of nitrogens with zero attached hydrogens (tertiary/aromatic N) is 1. The molecule has 0 saturated heterocycles. The maximum atomic E-state index is 11.8. The molecule has 1 aliphatic rings. The zero-order valence-corrected chi connectivity index (χ0v) is 18.1. The first kappa shape index (κ1) is 21.6. The van der Waals surface area contributed by atoms with Crippen LogP contribution in [-0.2, 0) is 4.74 Å². The molecule has 0 radical (unpaired) electrons. The molecule has 0 bridgehead atoms. The van der Waals surface area contributed by atoms with Gasteiger partial charge in [-0.05, 0) is 60.5 Å². The highest BCUT2D eigenvalue weighted by molar-refractivity contribution is 6.01. The van der Waals surface area contributed by atoms with Crippen molar-refractivity contribution in [1.82, 2.24) is 5.32 Å². The lowest BCUT2D eigenvalue weighted by Crippen LogP contribution is -2.33. The van der Waals surface area contributed by atoms with Crippen LogP contribution < -0.4 is 10.1 Å². The van der Waals surface area contributed by atoms with Gasteiger partial charge < -0.3 is 14.6 Å². The van der Waals surface area contributed by atoms with Crippen LogP contribution in [0, 0.1) is 0 Å². The normalized spacial score (nSPS) is 18.0. The Hall–Kier alpha value is -3.64. The van der Waals surface area contributed by atoms with E-state index in [2.05, 4.69) is 5.32 Å². The van der Waals surface area contributed by atoms with Gasteiger partial charge in [0.2, 0.25) is 0 Å². The first-order chi connectivity index (χ1) is 15.6. The van der Waals surface area contributed by atoms with Crippen molar-refractivity contribution >= 4 is 11.7 Å². The molecule has 1 aliphatic heterocycles. The number of carbonyl (C=O) groups is 1. The summed E-state index contributed by atoms with van der Waals surface area (Å²) >= 11 is 0. The van der Waals surface area contributed by atoms with Crippen LogP contribution in [0.4, 0.5) is 0 Å². The predicted octanol–water partition coefficient (Wildman–Crippen LogP) is 4.80. The van der Waals surface area contributed by atoms with Gasteiger partial charge >= 0.3 is 5.97 Å². The van der Waals surface area contributed by atoms with E-state index in [0.29, 0.717) is 18.6 Å². The molecule has 6 heteroatoms. The number of phenolic OH excluding ortho intramolecular Hbond substituents is 1. The summed E-state index contributed by atoms with van der Waals surface area (Å²) in [7, 11) is 1.36. The van der Waals surface area contributed by atoms with Crippen molar-refractivity contribution in [2.24, 2.45) is 4.99 Å². The van der Waals surface area contributed by atoms with Crippen molar-refractivity contribution in [2.45, 2.75) is 25.6 Å². The third-order valence-electron chi connectivity index (χ3n) is 5.50. The van der Waals surface area contributed by atoms with E-state index in [0.717, 1.165) is 28.2 Å². The maximum Gasteiger partial charge on any atom is 0.337 e. The zero-order valence-electron chi connectivity index (χ0n) is 18.1. The Labute approximate surface area is 187 Å². The van der Waals surface area contributed by atoms with Gasteiger partial charge in [0.15, 0.2) is 0 Å². The second-order valence-corrected chi connectivity index (χ2v) is 7.53. The predicted molar refractivity (Wildman–Crippen MR) is 123 cm³/mol. The van der Waals surface area contributed by atoms with Gasteiger partial charge in [0, 0.05) is 23.7 Å². The van der Waals surface area contributed by atoms with Crippen molar-refractivity contribution in [2.75, 3.05) is 13.7 Å². The lowest BCUT2D eigenvalue weighted by atomic mass is 9.93. The van der Waals surface area contributed by atoms with Crippen LogP contribution in [0.1, 0.15) is 52.6 Å². The Morgan fingerprint density at radius 3 is 2.44 bits per heavy atom. The van der Waals surface area contributed by atoms with Crippen LogP contribution in [0.15, 0.2) is 77.8 Å². The largest absolute Gasteiger partial charge is 0.508 e. The fraction of sp³-hybridized carbons (Fsp3) is 0.231. The Morgan fingerprint density at radius 2 is 1.78 bits per heavy atom. The highest BCUT2D eigenvalue weighted by Crippen LogP contribution is 2.34. The molecule has 0 aliphatic carbocycles.